The number of hydrogen-bond donors (Lipinski definition) is 1. The molecule has 1 aromatic heterocycles. The second-order valence-corrected chi connectivity index (χ2v) is 6.92. The van der Waals surface area contributed by atoms with E-state index in [1.807, 2.05) is 13.1 Å². The zero-order chi connectivity index (χ0) is 13.1. The van der Waals surface area contributed by atoms with Crippen LogP contribution in [0.5, 0.6) is 0 Å². The molecule has 1 N–H and O–H groups in total. The largest absolute Gasteiger partial charge is 0.393 e. The fourth-order valence-electron chi connectivity index (χ4n) is 2.57. The van der Waals surface area contributed by atoms with Crippen molar-refractivity contribution in [3.8, 4) is 0 Å². The van der Waals surface area contributed by atoms with Crippen LogP contribution < -0.4 is 0 Å². The van der Waals surface area contributed by atoms with Crippen LogP contribution in [0, 0.1) is 5.92 Å². The monoisotopic (exact) mass is 268 g/mol. The Bertz CT molecular complexity index is 376. The van der Waals surface area contributed by atoms with Crippen molar-refractivity contribution in [3.05, 3.63) is 16.1 Å². The predicted molar refractivity (Wildman–Crippen MR) is 76.0 cm³/mol. The van der Waals surface area contributed by atoms with Gasteiger partial charge in [0.15, 0.2) is 0 Å². The van der Waals surface area contributed by atoms with E-state index in [0.29, 0.717) is 6.04 Å². The van der Waals surface area contributed by atoms with Crippen LogP contribution in [-0.2, 0) is 12.8 Å². The molecule has 102 valence electrons. The molecule has 2 unspecified atom stereocenters. The molecule has 0 amide bonds. The van der Waals surface area contributed by atoms with Gasteiger partial charge < -0.3 is 10.0 Å². The first kappa shape index (κ1) is 14.0. The third-order valence-corrected chi connectivity index (χ3v) is 4.65. The second kappa shape index (κ2) is 6.13. The first-order valence-corrected chi connectivity index (χ1v) is 7.72. The fraction of sp³-hybridized carbons (Fsp3) is 0.786. The molecule has 2 rings (SSSR count). The van der Waals surface area contributed by atoms with Crippen molar-refractivity contribution in [2.75, 3.05) is 13.1 Å². The van der Waals surface area contributed by atoms with Gasteiger partial charge in [-0.05, 0) is 39.7 Å². The van der Waals surface area contributed by atoms with Crippen LogP contribution in [0.4, 0.5) is 0 Å². The van der Waals surface area contributed by atoms with Gasteiger partial charge in [0.25, 0.3) is 0 Å². The van der Waals surface area contributed by atoms with Crippen LogP contribution in [-0.4, -0.2) is 40.2 Å². The van der Waals surface area contributed by atoms with Crippen molar-refractivity contribution in [1.29, 1.82) is 0 Å². The summed E-state index contributed by atoms with van der Waals surface area (Å²) in [6.45, 7) is 8.81. The van der Waals surface area contributed by atoms with Gasteiger partial charge in [-0.1, -0.05) is 0 Å². The Morgan fingerprint density at radius 3 is 2.89 bits per heavy atom. The van der Waals surface area contributed by atoms with Gasteiger partial charge in [0.05, 0.1) is 11.1 Å². The summed E-state index contributed by atoms with van der Waals surface area (Å²) in [7, 11) is 0. The van der Waals surface area contributed by atoms with E-state index in [1.165, 1.54) is 29.4 Å². The topological polar surface area (TPSA) is 36.4 Å². The highest BCUT2D eigenvalue weighted by Crippen LogP contribution is 2.25. The Balaban J connectivity index is 1.85. The minimum absolute atomic E-state index is 0.263. The molecule has 2 heterocycles. The van der Waals surface area contributed by atoms with E-state index in [-0.39, 0.29) is 6.10 Å². The van der Waals surface area contributed by atoms with Crippen LogP contribution in [0.25, 0.3) is 0 Å². The number of rotatable bonds is 5. The number of aliphatic hydroxyl groups is 1. The lowest BCUT2D eigenvalue weighted by Crippen LogP contribution is -2.28. The highest BCUT2D eigenvalue weighted by molar-refractivity contribution is 7.11. The van der Waals surface area contributed by atoms with E-state index in [1.54, 1.807) is 11.3 Å². The number of thiazole rings is 1. The highest BCUT2D eigenvalue weighted by atomic mass is 32.1. The van der Waals surface area contributed by atoms with Gasteiger partial charge in [-0.25, -0.2) is 4.98 Å². The summed E-state index contributed by atoms with van der Waals surface area (Å²) in [5.41, 5.74) is 0. The Morgan fingerprint density at radius 2 is 2.28 bits per heavy atom. The van der Waals surface area contributed by atoms with Crippen molar-refractivity contribution in [1.82, 2.24) is 9.88 Å². The number of aliphatic hydroxyl groups excluding tert-OH is 1. The van der Waals surface area contributed by atoms with Gasteiger partial charge in [0.1, 0.15) is 0 Å². The van der Waals surface area contributed by atoms with Crippen LogP contribution in [0.1, 0.15) is 37.1 Å². The summed E-state index contributed by atoms with van der Waals surface area (Å²) < 4.78 is 0. The number of hydrogen-bond acceptors (Lipinski definition) is 4. The van der Waals surface area contributed by atoms with Crippen LogP contribution in [0.15, 0.2) is 6.20 Å². The lowest BCUT2D eigenvalue weighted by atomic mass is 10.1. The molecule has 1 aliphatic heterocycles. The van der Waals surface area contributed by atoms with Crippen LogP contribution >= 0.6 is 11.3 Å². The number of aromatic nitrogens is 1. The van der Waals surface area contributed by atoms with E-state index in [0.717, 1.165) is 18.8 Å². The molecule has 1 saturated heterocycles. The Hall–Kier alpha value is -0.450. The number of likely N-dealkylation sites (tertiary alicyclic amines) is 1. The maximum Gasteiger partial charge on any atom is 0.0930 e. The Kier molecular flexibility index (Phi) is 4.76. The molecule has 0 aliphatic carbocycles. The van der Waals surface area contributed by atoms with Gasteiger partial charge in [0.2, 0.25) is 0 Å². The quantitative estimate of drug-likeness (QED) is 0.890. The fourth-order valence-corrected chi connectivity index (χ4v) is 3.73. The Labute approximate surface area is 114 Å². The zero-order valence-corrected chi connectivity index (χ0v) is 12.4. The summed E-state index contributed by atoms with van der Waals surface area (Å²) in [6, 6.07) is 0.664. The van der Waals surface area contributed by atoms with Crippen LogP contribution in [0.2, 0.25) is 0 Å². The third-order valence-electron chi connectivity index (χ3n) is 3.61. The van der Waals surface area contributed by atoms with E-state index in [4.69, 9.17) is 0 Å². The van der Waals surface area contributed by atoms with Gasteiger partial charge in [0, 0.05) is 36.5 Å². The molecule has 0 bridgehead atoms. The zero-order valence-electron chi connectivity index (χ0n) is 11.6. The van der Waals surface area contributed by atoms with Crippen molar-refractivity contribution in [2.24, 2.45) is 5.92 Å². The smallest absolute Gasteiger partial charge is 0.0930 e. The predicted octanol–water partition coefficient (Wildman–Crippen LogP) is 2.34. The molecular formula is C14H24N2OS. The molecule has 1 aliphatic rings. The average Bonchev–Trinajstić information content (AvgIpc) is 2.88. The van der Waals surface area contributed by atoms with Crippen molar-refractivity contribution in [2.45, 2.75) is 52.2 Å². The van der Waals surface area contributed by atoms with Crippen LogP contribution in [0.3, 0.4) is 0 Å². The van der Waals surface area contributed by atoms with E-state index >= 15 is 0 Å². The molecule has 0 aromatic carbocycles. The summed E-state index contributed by atoms with van der Waals surface area (Å²) in [5.74, 6) is 0.762. The van der Waals surface area contributed by atoms with Crippen molar-refractivity contribution < 1.29 is 5.11 Å². The summed E-state index contributed by atoms with van der Waals surface area (Å²) in [5, 5.41) is 10.6. The van der Waals surface area contributed by atoms with Gasteiger partial charge in [-0.3, -0.25) is 0 Å². The molecule has 18 heavy (non-hydrogen) atoms. The van der Waals surface area contributed by atoms with Gasteiger partial charge >= 0.3 is 0 Å². The molecule has 0 saturated carbocycles. The lowest BCUT2D eigenvalue weighted by molar-refractivity contribution is 0.196. The highest BCUT2D eigenvalue weighted by Gasteiger charge is 2.25. The number of nitrogens with zero attached hydrogens (tertiary/aromatic N) is 2. The molecule has 3 nitrogen and oxygen atoms in total. The standard InChI is InChI=1S/C14H24N2OS/c1-10(2)16-5-4-12(9-16)7-14-15-8-13(18-14)6-11(3)17/h8,10-12,17H,4-7,9H2,1-3H3. The maximum absolute atomic E-state index is 9.37. The van der Waals surface area contributed by atoms with Gasteiger partial charge in [-0.2, -0.15) is 0 Å². The van der Waals surface area contributed by atoms with E-state index in [9.17, 15) is 5.11 Å². The summed E-state index contributed by atoms with van der Waals surface area (Å²) in [4.78, 5) is 8.25. The van der Waals surface area contributed by atoms with Crippen molar-refractivity contribution >= 4 is 11.3 Å². The second-order valence-electron chi connectivity index (χ2n) is 5.72. The lowest BCUT2D eigenvalue weighted by Gasteiger charge is -2.19. The summed E-state index contributed by atoms with van der Waals surface area (Å²) >= 11 is 1.77. The first-order valence-electron chi connectivity index (χ1n) is 6.90. The normalized spacial score (nSPS) is 22.8. The first-order chi connectivity index (χ1) is 8.54. The average molecular weight is 268 g/mol. The minimum Gasteiger partial charge on any atom is -0.393 e. The maximum atomic E-state index is 9.37. The van der Waals surface area contributed by atoms with E-state index in [2.05, 4.69) is 23.7 Å². The third kappa shape index (κ3) is 3.77. The Morgan fingerprint density at radius 1 is 1.50 bits per heavy atom. The van der Waals surface area contributed by atoms with Crippen molar-refractivity contribution in [3.63, 3.8) is 0 Å². The molecule has 0 radical (unpaired) electrons. The van der Waals surface area contributed by atoms with E-state index < -0.39 is 0 Å². The molecule has 2 atom stereocenters. The molecule has 1 aromatic rings. The molecule has 4 heteroatoms. The van der Waals surface area contributed by atoms with Gasteiger partial charge in [-0.15, -0.1) is 11.3 Å². The SMILES string of the molecule is CC(O)Cc1cnc(CC2CCN(C(C)C)C2)s1. The molecular weight excluding hydrogens is 244 g/mol. The summed E-state index contributed by atoms with van der Waals surface area (Å²) in [6.07, 6.45) is 4.81. The minimum atomic E-state index is -0.263. The molecule has 0 spiro atoms. The molecule has 1 fully saturated rings.